The van der Waals surface area contributed by atoms with Crippen LogP contribution in [-0.2, 0) is 4.79 Å². The van der Waals surface area contributed by atoms with Crippen molar-refractivity contribution < 1.29 is 4.79 Å². The van der Waals surface area contributed by atoms with Gasteiger partial charge in [0.1, 0.15) is 5.78 Å². The Bertz CT molecular complexity index is 443. The van der Waals surface area contributed by atoms with Crippen LogP contribution in [0, 0.1) is 10.8 Å². The van der Waals surface area contributed by atoms with E-state index in [2.05, 4.69) is 26.0 Å². The minimum Gasteiger partial charge on any atom is -0.299 e. The van der Waals surface area contributed by atoms with E-state index in [0.29, 0.717) is 5.78 Å². The first-order valence-electron chi connectivity index (χ1n) is 7.52. The van der Waals surface area contributed by atoms with Gasteiger partial charge in [0.15, 0.2) is 0 Å². The van der Waals surface area contributed by atoms with Crippen LogP contribution < -0.4 is 0 Å². The molecule has 0 aromatic heterocycles. The van der Waals surface area contributed by atoms with Gasteiger partial charge in [-0.15, -0.1) is 0 Å². The van der Waals surface area contributed by atoms with Crippen molar-refractivity contribution in [1.29, 1.82) is 0 Å². The third-order valence-corrected chi connectivity index (χ3v) is 5.36. The number of carbonyl (C=O) groups is 1. The third-order valence-electron chi connectivity index (χ3n) is 5.36. The minimum atomic E-state index is -0.0300. The number of unbranched alkanes of at least 4 members (excludes halogenated alkanes) is 1. The summed E-state index contributed by atoms with van der Waals surface area (Å²) in [5.41, 5.74) is 3.37. The predicted molar refractivity (Wildman–Crippen MR) is 74.3 cm³/mol. The van der Waals surface area contributed by atoms with E-state index in [-0.39, 0.29) is 10.8 Å². The smallest absolute Gasteiger partial charge is 0.139 e. The van der Waals surface area contributed by atoms with Crippen molar-refractivity contribution in [3.63, 3.8) is 0 Å². The normalized spacial score (nSPS) is 38.2. The number of fused-ring (bicyclic) bond motifs is 1. The van der Waals surface area contributed by atoms with Gasteiger partial charge in [-0.1, -0.05) is 38.0 Å². The zero-order chi connectivity index (χ0) is 12.8. The molecule has 0 unspecified atom stereocenters. The molecular formula is C17H24O. The Morgan fingerprint density at radius 1 is 1.33 bits per heavy atom. The maximum atomic E-state index is 12.4. The molecular weight excluding hydrogens is 220 g/mol. The van der Waals surface area contributed by atoms with Gasteiger partial charge in [-0.05, 0) is 44.1 Å². The topological polar surface area (TPSA) is 17.1 Å². The Hall–Kier alpha value is -0.850. The summed E-state index contributed by atoms with van der Waals surface area (Å²) in [6, 6.07) is 0. The van der Waals surface area contributed by atoms with Crippen LogP contribution in [0.2, 0.25) is 0 Å². The number of ketones is 1. The lowest BCUT2D eigenvalue weighted by Crippen LogP contribution is -2.31. The summed E-state index contributed by atoms with van der Waals surface area (Å²) in [7, 11) is 0. The Morgan fingerprint density at radius 3 is 2.94 bits per heavy atom. The molecule has 3 aliphatic rings. The highest BCUT2D eigenvalue weighted by molar-refractivity contribution is 5.89. The largest absolute Gasteiger partial charge is 0.299 e. The van der Waals surface area contributed by atoms with Crippen LogP contribution in [0.4, 0.5) is 0 Å². The molecule has 0 N–H and O–H groups in total. The molecule has 0 saturated heterocycles. The van der Waals surface area contributed by atoms with Gasteiger partial charge >= 0.3 is 0 Å². The molecule has 0 amide bonds. The van der Waals surface area contributed by atoms with E-state index in [1.165, 1.54) is 25.7 Å². The van der Waals surface area contributed by atoms with Gasteiger partial charge in [0, 0.05) is 17.3 Å². The fourth-order valence-electron chi connectivity index (χ4n) is 4.50. The quantitative estimate of drug-likeness (QED) is 0.710. The second-order valence-corrected chi connectivity index (χ2v) is 6.86. The zero-order valence-electron chi connectivity index (χ0n) is 11.7. The first-order valence-corrected chi connectivity index (χ1v) is 7.52. The molecule has 0 aromatic carbocycles. The number of allylic oxidation sites excluding steroid dienone is 4. The second kappa shape index (κ2) is 4.08. The highest BCUT2D eigenvalue weighted by Crippen LogP contribution is 2.62. The maximum absolute atomic E-state index is 12.4. The van der Waals surface area contributed by atoms with Crippen LogP contribution >= 0.6 is 0 Å². The summed E-state index contributed by atoms with van der Waals surface area (Å²) in [5.74, 6) is 0.529. The molecule has 1 saturated carbocycles. The predicted octanol–water partition coefficient (Wildman–Crippen LogP) is 4.58. The SMILES string of the molecule is CCCCC1=C2C=CCC[C@]23CC(=O)[C@](C)(C1)C3. The first-order chi connectivity index (χ1) is 8.60. The Kier molecular flexibility index (Phi) is 2.76. The highest BCUT2D eigenvalue weighted by Gasteiger charge is 2.56. The first kappa shape index (κ1) is 12.2. The molecule has 0 aromatic rings. The van der Waals surface area contributed by atoms with E-state index < -0.39 is 0 Å². The molecule has 3 aliphatic carbocycles. The lowest BCUT2D eigenvalue weighted by Gasteiger charge is -2.41. The third kappa shape index (κ3) is 1.63. The molecule has 1 nitrogen and oxygen atoms in total. The zero-order valence-corrected chi connectivity index (χ0v) is 11.7. The molecule has 0 heterocycles. The molecule has 0 radical (unpaired) electrons. The van der Waals surface area contributed by atoms with E-state index in [1.807, 2.05) is 0 Å². The van der Waals surface area contributed by atoms with E-state index in [0.717, 1.165) is 25.7 Å². The summed E-state index contributed by atoms with van der Waals surface area (Å²) in [4.78, 5) is 12.4. The standard InChI is InChI=1S/C17H24O/c1-3-4-7-13-10-16(2)12-17(11-15(16)18)9-6-5-8-14(13)17/h5,8H,3-4,6-7,9-12H2,1-2H3/t16-,17-/m1/s1. The van der Waals surface area contributed by atoms with Crippen molar-refractivity contribution in [2.24, 2.45) is 10.8 Å². The molecule has 1 spiro atoms. The van der Waals surface area contributed by atoms with E-state index in [9.17, 15) is 4.79 Å². The lowest BCUT2D eigenvalue weighted by atomic mass is 9.62. The number of hydrogen-bond acceptors (Lipinski definition) is 1. The van der Waals surface area contributed by atoms with Gasteiger partial charge < -0.3 is 0 Å². The van der Waals surface area contributed by atoms with Crippen molar-refractivity contribution >= 4 is 5.78 Å². The second-order valence-electron chi connectivity index (χ2n) is 6.86. The summed E-state index contributed by atoms with van der Waals surface area (Å²) >= 11 is 0. The van der Waals surface area contributed by atoms with Crippen LogP contribution in [0.25, 0.3) is 0 Å². The van der Waals surface area contributed by atoms with Crippen molar-refractivity contribution in [3.8, 4) is 0 Å². The van der Waals surface area contributed by atoms with Crippen molar-refractivity contribution in [1.82, 2.24) is 0 Å². The van der Waals surface area contributed by atoms with Gasteiger partial charge in [-0.25, -0.2) is 0 Å². The van der Waals surface area contributed by atoms with Crippen LogP contribution in [0.1, 0.15) is 65.2 Å². The number of rotatable bonds is 3. The average Bonchev–Trinajstić information content (AvgIpc) is 2.53. The highest BCUT2D eigenvalue weighted by atomic mass is 16.1. The molecule has 1 fully saturated rings. The summed E-state index contributed by atoms with van der Waals surface area (Å²) in [5, 5.41) is 0. The van der Waals surface area contributed by atoms with E-state index in [4.69, 9.17) is 0 Å². The fourth-order valence-corrected chi connectivity index (χ4v) is 4.50. The van der Waals surface area contributed by atoms with Crippen LogP contribution in [0.15, 0.2) is 23.3 Å². The molecule has 1 heteroatoms. The Morgan fingerprint density at radius 2 is 2.17 bits per heavy atom. The molecule has 98 valence electrons. The minimum absolute atomic E-state index is 0.0300. The molecule has 0 aliphatic heterocycles. The summed E-state index contributed by atoms with van der Waals surface area (Å²) < 4.78 is 0. The number of Topliss-reactive ketones (excluding diaryl/α,β-unsaturated/α-hetero) is 1. The average molecular weight is 244 g/mol. The fraction of sp³-hybridized carbons (Fsp3) is 0.706. The van der Waals surface area contributed by atoms with Crippen LogP contribution in [0.5, 0.6) is 0 Å². The van der Waals surface area contributed by atoms with Gasteiger partial charge in [-0.2, -0.15) is 0 Å². The Balaban J connectivity index is 2.03. The van der Waals surface area contributed by atoms with Crippen LogP contribution in [0.3, 0.4) is 0 Å². The molecule has 2 atom stereocenters. The van der Waals surface area contributed by atoms with Crippen molar-refractivity contribution in [2.75, 3.05) is 0 Å². The van der Waals surface area contributed by atoms with Gasteiger partial charge in [0.2, 0.25) is 0 Å². The van der Waals surface area contributed by atoms with Gasteiger partial charge in [0.05, 0.1) is 0 Å². The van der Waals surface area contributed by atoms with Crippen molar-refractivity contribution in [3.05, 3.63) is 23.3 Å². The van der Waals surface area contributed by atoms with Gasteiger partial charge in [-0.3, -0.25) is 4.79 Å². The van der Waals surface area contributed by atoms with E-state index in [1.54, 1.807) is 11.1 Å². The summed E-state index contributed by atoms with van der Waals surface area (Å²) in [6.07, 6.45) is 13.7. The van der Waals surface area contributed by atoms with Gasteiger partial charge in [0.25, 0.3) is 0 Å². The molecule has 3 rings (SSSR count). The number of carbonyl (C=O) groups excluding carboxylic acids is 1. The van der Waals surface area contributed by atoms with Crippen LogP contribution in [-0.4, -0.2) is 5.78 Å². The molecule has 18 heavy (non-hydrogen) atoms. The Labute approximate surface area is 110 Å². The monoisotopic (exact) mass is 244 g/mol. The van der Waals surface area contributed by atoms with Crippen molar-refractivity contribution in [2.45, 2.75) is 65.2 Å². The number of hydrogen-bond donors (Lipinski definition) is 0. The van der Waals surface area contributed by atoms with E-state index >= 15 is 0 Å². The maximum Gasteiger partial charge on any atom is 0.139 e. The summed E-state index contributed by atoms with van der Waals surface area (Å²) in [6.45, 7) is 4.47. The lowest BCUT2D eigenvalue weighted by molar-refractivity contribution is -0.125. The molecule has 2 bridgehead atoms.